The average Bonchev–Trinajstić information content (AvgIpc) is 3.89. The van der Waals surface area contributed by atoms with Crippen molar-refractivity contribution in [3.63, 3.8) is 0 Å². The zero-order chi connectivity index (χ0) is 47.6. The van der Waals surface area contributed by atoms with Crippen LogP contribution >= 0.6 is 0 Å². The van der Waals surface area contributed by atoms with Crippen LogP contribution in [0.3, 0.4) is 0 Å². The Kier molecular flexibility index (Phi) is 13.2. The first-order valence-electron chi connectivity index (χ1n) is 23.1. The van der Waals surface area contributed by atoms with Gasteiger partial charge in [-0.25, -0.2) is 24.0 Å². The minimum Gasteiger partial charge on any atom is -0.384 e. The molecule has 67 heavy (non-hydrogen) atoms. The summed E-state index contributed by atoms with van der Waals surface area (Å²) in [5.74, 6) is 9.80. The lowest BCUT2D eigenvalue weighted by Gasteiger charge is -2.46. The van der Waals surface area contributed by atoms with Crippen LogP contribution in [-0.4, -0.2) is 94.9 Å². The number of unbranched alkanes of at least 4 members (excludes halogenated alkanes) is 1. The minimum absolute atomic E-state index is 0.00939. The molecule has 2 fully saturated rings. The normalized spacial score (nSPS) is 18.7. The van der Waals surface area contributed by atoms with E-state index < -0.39 is 11.5 Å². The van der Waals surface area contributed by atoms with Crippen molar-refractivity contribution in [1.29, 1.82) is 5.26 Å². The van der Waals surface area contributed by atoms with E-state index in [-0.39, 0.29) is 52.9 Å². The molecule has 5 aromatic rings. The SMILES string of the molecule is CCc1cc2c(cc1N1CC(C)N(CCCC(=O)NCCCCNc3cccc4c(=C=O)n(C5CCC(=C=O)NC5=C=O)c(=C=O)c34)C(C)C1)C(C)(C)c1[nH]c3cc(C#N)ccc3c1C2=C=O. The number of aromatic nitrogens is 2. The second-order valence-electron chi connectivity index (χ2n) is 18.4. The van der Waals surface area contributed by atoms with Crippen molar-refractivity contribution in [3.05, 3.63) is 104 Å². The number of allylic oxidation sites excluding steroid dienone is 2. The number of H-pyrrole nitrogens is 1. The summed E-state index contributed by atoms with van der Waals surface area (Å²) in [4.78, 5) is 82.0. The number of nitrogens with zero attached hydrogens (tertiary/aromatic N) is 4. The highest BCUT2D eigenvalue weighted by Gasteiger charge is 2.40. The predicted molar refractivity (Wildman–Crippen MR) is 258 cm³/mol. The van der Waals surface area contributed by atoms with Gasteiger partial charge in [0.1, 0.15) is 39.9 Å². The number of hydrogen-bond donors (Lipinski definition) is 4. The third-order valence-corrected chi connectivity index (χ3v) is 14.0. The molecule has 0 bridgehead atoms. The standard InChI is InChI=1S/C53H54N8O6/c1-6-35-22-39-40(28-63)50-37-16-14-34(24-54)21-43(37)58-52(50)53(4,5)41(39)23-46(35)59-25-32(2)60(33(3)26-59)20-10-13-49(67)56-19-8-7-18-55-42-12-9-11-38-47(30-65)61(48(31-66)51(38)42)45-17-15-36(27-62)57-44(45)29-64/h9,11-12,14,16,21-23,32-33,45,55,57-58H,6-8,10,13,15,17-20,25-26H2,1-5H3,(H,56,67). The molecule has 3 aromatic carbocycles. The van der Waals surface area contributed by atoms with Gasteiger partial charge in [0.25, 0.3) is 0 Å². The molecule has 3 atom stereocenters. The molecule has 0 radical (unpaired) electrons. The Morgan fingerprint density at radius 1 is 0.881 bits per heavy atom. The molecule has 2 saturated heterocycles. The van der Waals surface area contributed by atoms with E-state index in [0.29, 0.717) is 47.1 Å². The summed E-state index contributed by atoms with van der Waals surface area (Å²) >= 11 is 0. The maximum atomic E-state index is 13.0. The van der Waals surface area contributed by atoms with Gasteiger partial charge in [-0.05, 0) is 99.5 Å². The van der Waals surface area contributed by atoms with E-state index in [1.165, 1.54) is 15.8 Å². The number of carbonyl (C=O) groups is 1. The summed E-state index contributed by atoms with van der Waals surface area (Å²) in [5, 5.41) is 20.8. The van der Waals surface area contributed by atoms with Gasteiger partial charge in [-0.2, -0.15) is 5.26 Å². The fourth-order valence-electron chi connectivity index (χ4n) is 10.7. The number of benzene rings is 3. The summed E-state index contributed by atoms with van der Waals surface area (Å²) in [5.41, 5.74) is 8.49. The fourth-order valence-corrected chi connectivity index (χ4v) is 10.7. The Balaban J connectivity index is 0.842. The van der Waals surface area contributed by atoms with Crippen LogP contribution in [0.4, 0.5) is 11.4 Å². The summed E-state index contributed by atoms with van der Waals surface area (Å²) in [6.07, 6.45) is 3.94. The quantitative estimate of drug-likeness (QED) is 0.0962. The lowest BCUT2D eigenvalue weighted by atomic mass is 9.69. The molecule has 8 rings (SSSR count). The number of aryl methyl sites for hydroxylation is 1. The Morgan fingerprint density at radius 2 is 1.64 bits per heavy atom. The van der Waals surface area contributed by atoms with E-state index in [1.54, 1.807) is 24.1 Å². The number of rotatable bonds is 13. The molecule has 342 valence electrons. The summed E-state index contributed by atoms with van der Waals surface area (Å²) in [7, 11) is 0. The smallest absolute Gasteiger partial charge is 0.220 e. The Labute approximate surface area is 388 Å². The Morgan fingerprint density at radius 3 is 2.33 bits per heavy atom. The van der Waals surface area contributed by atoms with Crippen LogP contribution in [0.1, 0.15) is 113 Å². The highest BCUT2D eigenvalue weighted by molar-refractivity contribution is 6.10. The molecule has 0 spiro atoms. The number of anilines is 2. The molecule has 4 heterocycles. The van der Waals surface area contributed by atoms with E-state index in [0.717, 1.165) is 78.6 Å². The number of fused-ring (bicyclic) bond motifs is 5. The van der Waals surface area contributed by atoms with Gasteiger partial charge in [-0.3, -0.25) is 9.69 Å². The van der Waals surface area contributed by atoms with Gasteiger partial charge in [0.05, 0.1) is 23.2 Å². The summed E-state index contributed by atoms with van der Waals surface area (Å²) in [6, 6.07) is 17.3. The number of nitrogens with one attached hydrogen (secondary N) is 4. The number of piperidine rings is 1. The van der Waals surface area contributed by atoms with Crippen LogP contribution in [-0.2, 0) is 40.6 Å². The molecule has 4 N–H and O–H groups in total. The molecule has 0 saturated carbocycles. The van der Waals surface area contributed by atoms with Crippen LogP contribution in [0.15, 0.2) is 59.9 Å². The lowest BCUT2D eigenvalue weighted by molar-refractivity contribution is -0.121. The maximum Gasteiger partial charge on any atom is 0.220 e. The van der Waals surface area contributed by atoms with Gasteiger partial charge in [0.2, 0.25) is 5.91 Å². The van der Waals surface area contributed by atoms with Gasteiger partial charge in [0.15, 0.2) is 11.9 Å². The maximum absolute atomic E-state index is 13.0. The van der Waals surface area contributed by atoms with E-state index in [2.05, 4.69) is 89.5 Å². The van der Waals surface area contributed by atoms with Crippen LogP contribution < -0.4 is 31.5 Å². The van der Waals surface area contributed by atoms with E-state index in [9.17, 15) is 34.0 Å². The molecule has 14 heteroatoms. The minimum atomic E-state index is -0.741. The van der Waals surface area contributed by atoms with E-state index in [1.807, 2.05) is 36.0 Å². The zero-order valence-corrected chi connectivity index (χ0v) is 38.6. The molecular formula is C53H54N8O6. The van der Waals surface area contributed by atoms with Crippen molar-refractivity contribution in [3.8, 4) is 6.07 Å². The summed E-state index contributed by atoms with van der Waals surface area (Å²) < 4.78 is 1.44. The fraction of sp³-hybridized carbons (Fsp3) is 0.396. The number of carbonyl (C=O) groups excluding carboxylic acids is 6. The van der Waals surface area contributed by atoms with Crippen molar-refractivity contribution >= 4 is 74.2 Å². The van der Waals surface area contributed by atoms with Crippen molar-refractivity contribution in [2.24, 2.45) is 0 Å². The third-order valence-electron chi connectivity index (χ3n) is 14.0. The molecule has 2 aromatic heterocycles. The zero-order valence-electron chi connectivity index (χ0n) is 38.6. The molecule has 1 amide bonds. The third kappa shape index (κ3) is 8.38. The average molecular weight is 899 g/mol. The van der Waals surface area contributed by atoms with Crippen molar-refractivity contribution < 1.29 is 28.8 Å². The molecule has 1 aliphatic carbocycles. The van der Waals surface area contributed by atoms with Crippen molar-refractivity contribution in [1.82, 2.24) is 25.1 Å². The van der Waals surface area contributed by atoms with Gasteiger partial charge in [-0.1, -0.05) is 39.0 Å². The molecule has 3 aliphatic rings. The molecule has 2 aliphatic heterocycles. The first kappa shape index (κ1) is 46.1. The van der Waals surface area contributed by atoms with Crippen LogP contribution in [0.2, 0.25) is 0 Å². The second-order valence-corrected chi connectivity index (χ2v) is 18.4. The van der Waals surface area contributed by atoms with Crippen molar-refractivity contribution in [2.75, 3.05) is 42.9 Å². The Bertz CT molecular complexity index is 3190. The number of hydrogen-bond acceptors (Lipinski definition) is 11. The van der Waals surface area contributed by atoms with Gasteiger partial charge in [0, 0.05) is 101 Å². The first-order chi connectivity index (χ1) is 32.4. The van der Waals surface area contributed by atoms with E-state index >= 15 is 0 Å². The van der Waals surface area contributed by atoms with Gasteiger partial charge < -0.3 is 30.4 Å². The topological polar surface area (TPSA) is 189 Å². The Hall–Kier alpha value is -7.43. The first-order valence-corrected chi connectivity index (χ1v) is 23.1. The molecular weight excluding hydrogens is 845 g/mol. The number of nitriles is 1. The monoisotopic (exact) mass is 898 g/mol. The highest BCUT2D eigenvalue weighted by atomic mass is 16.1. The van der Waals surface area contributed by atoms with E-state index in [4.69, 9.17) is 0 Å². The van der Waals surface area contributed by atoms with Crippen LogP contribution in [0, 0.1) is 11.3 Å². The van der Waals surface area contributed by atoms with Gasteiger partial charge in [-0.15, -0.1) is 0 Å². The number of amides is 1. The lowest BCUT2D eigenvalue weighted by Crippen LogP contribution is -2.57. The number of piperazine rings is 1. The predicted octanol–water partition coefficient (Wildman–Crippen LogP) is 4.51. The second kappa shape index (κ2) is 19.2. The largest absolute Gasteiger partial charge is 0.384 e. The van der Waals surface area contributed by atoms with Crippen molar-refractivity contribution in [2.45, 2.75) is 103 Å². The van der Waals surface area contributed by atoms with Crippen LogP contribution in [0.25, 0.3) is 27.2 Å². The molecule has 14 nitrogen and oxygen atoms in total. The van der Waals surface area contributed by atoms with Gasteiger partial charge >= 0.3 is 0 Å². The highest BCUT2D eigenvalue weighted by Crippen LogP contribution is 2.50. The van der Waals surface area contributed by atoms with Crippen LogP contribution in [0.5, 0.6) is 0 Å². The summed E-state index contributed by atoms with van der Waals surface area (Å²) in [6.45, 7) is 14.5. The number of aromatic amines is 1. The molecule has 3 unspecified atom stereocenters.